The van der Waals surface area contributed by atoms with E-state index in [-0.39, 0.29) is 5.28 Å². The highest BCUT2D eigenvalue weighted by molar-refractivity contribution is 6.28. The molecule has 5 aromatic carbocycles. The fraction of sp³-hybridized carbons (Fsp3) is 0. The van der Waals surface area contributed by atoms with Crippen molar-refractivity contribution in [3.05, 3.63) is 114 Å². The van der Waals surface area contributed by atoms with Crippen molar-refractivity contribution >= 4 is 33.1 Å². The fourth-order valence-electron chi connectivity index (χ4n) is 4.37. The van der Waals surface area contributed by atoms with Crippen molar-refractivity contribution in [2.45, 2.75) is 0 Å². The molecule has 156 valence electrons. The molecule has 0 aliphatic rings. The van der Waals surface area contributed by atoms with Gasteiger partial charge in [0.1, 0.15) is 0 Å². The molecule has 1 heterocycles. The molecule has 0 saturated heterocycles. The molecule has 0 aliphatic carbocycles. The highest BCUT2D eigenvalue weighted by Crippen LogP contribution is 2.38. The second-order valence-electron chi connectivity index (χ2n) is 7.85. The summed E-state index contributed by atoms with van der Waals surface area (Å²) in [6.45, 7) is 0. The Hall–Kier alpha value is -4.08. The molecule has 0 amide bonds. The molecule has 0 atom stereocenters. The van der Waals surface area contributed by atoms with Crippen LogP contribution in [0.15, 0.2) is 109 Å². The van der Waals surface area contributed by atoms with Crippen molar-refractivity contribution in [3.8, 4) is 33.9 Å². The van der Waals surface area contributed by atoms with Crippen molar-refractivity contribution < 1.29 is 0 Å². The number of nitrogens with zero attached hydrogens (tertiary/aromatic N) is 3. The third kappa shape index (κ3) is 3.53. The minimum absolute atomic E-state index is 0.176. The van der Waals surface area contributed by atoms with E-state index in [4.69, 9.17) is 16.6 Å². The van der Waals surface area contributed by atoms with E-state index in [1.807, 2.05) is 54.6 Å². The maximum Gasteiger partial charge on any atom is 0.226 e. The average molecular weight is 444 g/mol. The predicted octanol–water partition coefficient (Wildman–Crippen LogP) is 7.83. The van der Waals surface area contributed by atoms with Crippen molar-refractivity contribution in [1.82, 2.24) is 15.0 Å². The van der Waals surface area contributed by atoms with E-state index in [1.54, 1.807) is 0 Å². The number of hydrogen-bond donors (Lipinski definition) is 0. The Labute approximate surface area is 196 Å². The highest BCUT2D eigenvalue weighted by Gasteiger charge is 2.17. The minimum Gasteiger partial charge on any atom is -0.208 e. The third-order valence-electron chi connectivity index (χ3n) is 5.88. The molecule has 0 spiro atoms. The Morgan fingerprint density at radius 2 is 1.09 bits per heavy atom. The van der Waals surface area contributed by atoms with Crippen LogP contribution < -0.4 is 0 Å². The Balaban J connectivity index is 1.65. The van der Waals surface area contributed by atoms with Gasteiger partial charge in [-0.15, -0.1) is 0 Å². The number of rotatable bonds is 3. The van der Waals surface area contributed by atoms with Crippen molar-refractivity contribution in [1.29, 1.82) is 0 Å². The van der Waals surface area contributed by atoms with Gasteiger partial charge in [-0.25, -0.2) is 4.98 Å². The molecule has 4 heteroatoms. The number of aromatic nitrogens is 3. The molecule has 3 nitrogen and oxygen atoms in total. The van der Waals surface area contributed by atoms with Gasteiger partial charge < -0.3 is 0 Å². The van der Waals surface area contributed by atoms with Crippen LogP contribution in [-0.2, 0) is 0 Å². The maximum absolute atomic E-state index is 6.49. The van der Waals surface area contributed by atoms with Crippen LogP contribution in [0.3, 0.4) is 0 Å². The van der Waals surface area contributed by atoms with Gasteiger partial charge in [-0.05, 0) is 44.3 Å². The van der Waals surface area contributed by atoms with E-state index in [2.05, 4.69) is 64.6 Å². The zero-order valence-electron chi connectivity index (χ0n) is 17.6. The quantitative estimate of drug-likeness (QED) is 0.279. The number of halogens is 1. The lowest BCUT2D eigenvalue weighted by Crippen LogP contribution is -1.99. The first-order valence-electron chi connectivity index (χ1n) is 10.8. The van der Waals surface area contributed by atoms with Gasteiger partial charge in [-0.2, -0.15) is 9.97 Å². The summed E-state index contributed by atoms with van der Waals surface area (Å²) in [5.74, 6) is 1.13. The normalized spacial score (nSPS) is 11.2. The summed E-state index contributed by atoms with van der Waals surface area (Å²) in [5.41, 5.74) is 4.03. The Morgan fingerprint density at radius 3 is 1.91 bits per heavy atom. The SMILES string of the molecule is Clc1nc(-c2cccc3ccccc23)nc(-c2c(-c3ccccc3)ccc3ccccc23)n1. The molecule has 0 radical (unpaired) electrons. The summed E-state index contributed by atoms with van der Waals surface area (Å²) >= 11 is 6.49. The van der Waals surface area contributed by atoms with Crippen LogP contribution in [0.1, 0.15) is 0 Å². The molecule has 0 unspecified atom stereocenters. The lowest BCUT2D eigenvalue weighted by atomic mass is 9.93. The Bertz CT molecular complexity index is 1620. The molecule has 1 aromatic heterocycles. The number of benzene rings is 5. The molecule has 0 bridgehead atoms. The zero-order chi connectivity index (χ0) is 22.2. The Morgan fingerprint density at radius 1 is 0.455 bits per heavy atom. The van der Waals surface area contributed by atoms with Crippen LogP contribution in [0.5, 0.6) is 0 Å². The van der Waals surface area contributed by atoms with Crippen LogP contribution >= 0.6 is 11.6 Å². The van der Waals surface area contributed by atoms with Crippen LogP contribution in [0.25, 0.3) is 55.4 Å². The summed E-state index contributed by atoms with van der Waals surface area (Å²) in [7, 11) is 0. The number of hydrogen-bond acceptors (Lipinski definition) is 3. The predicted molar refractivity (Wildman–Crippen MR) is 136 cm³/mol. The van der Waals surface area contributed by atoms with E-state index < -0.39 is 0 Å². The number of fused-ring (bicyclic) bond motifs is 2. The second kappa shape index (κ2) is 8.12. The largest absolute Gasteiger partial charge is 0.226 e. The van der Waals surface area contributed by atoms with Gasteiger partial charge in [0.25, 0.3) is 0 Å². The van der Waals surface area contributed by atoms with E-state index >= 15 is 0 Å². The van der Waals surface area contributed by atoms with Gasteiger partial charge in [-0.3, -0.25) is 0 Å². The molecule has 0 saturated carbocycles. The lowest BCUT2D eigenvalue weighted by molar-refractivity contribution is 1.07. The monoisotopic (exact) mass is 443 g/mol. The first-order valence-corrected chi connectivity index (χ1v) is 11.1. The molecule has 0 fully saturated rings. The van der Waals surface area contributed by atoms with Crippen LogP contribution in [0.4, 0.5) is 0 Å². The molecular formula is C29H18ClN3. The summed E-state index contributed by atoms with van der Waals surface area (Å²) < 4.78 is 0. The lowest BCUT2D eigenvalue weighted by Gasteiger charge is -2.14. The fourth-order valence-corrected chi connectivity index (χ4v) is 4.53. The van der Waals surface area contributed by atoms with Crippen molar-refractivity contribution in [2.75, 3.05) is 0 Å². The van der Waals surface area contributed by atoms with Crippen LogP contribution in [0.2, 0.25) is 5.28 Å². The van der Waals surface area contributed by atoms with Crippen molar-refractivity contribution in [2.24, 2.45) is 0 Å². The zero-order valence-corrected chi connectivity index (χ0v) is 18.4. The van der Waals surface area contributed by atoms with Crippen LogP contribution in [0, 0.1) is 0 Å². The smallest absolute Gasteiger partial charge is 0.208 e. The first kappa shape index (κ1) is 19.6. The Kier molecular flexibility index (Phi) is 4.82. The van der Waals surface area contributed by atoms with Gasteiger partial charge >= 0.3 is 0 Å². The van der Waals surface area contributed by atoms with Gasteiger partial charge in [0.15, 0.2) is 11.6 Å². The van der Waals surface area contributed by atoms with E-state index in [9.17, 15) is 0 Å². The summed E-state index contributed by atoms with van der Waals surface area (Å²) in [5, 5.41) is 4.58. The molecule has 0 aliphatic heterocycles. The second-order valence-corrected chi connectivity index (χ2v) is 8.19. The van der Waals surface area contributed by atoms with E-state index in [0.717, 1.165) is 43.8 Å². The standard InChI is InChI=1S/C29H18ClN3/c30-29-32-27(25-16-8-13-19-11-4-6-14-22(19)25)31-28(33-29)26-23-15-7-5-12-21(23)17-18-24(26)20-9-2-1-3-10-20/h1-18H. The van der Waals surface area contributed by atoms with Gasteiger partial charge in [0.2, 0.25) is 5.28 Å². The van der Waals surface area contributed by atoms with E-state index in [1.165, 1.54) is 0 Å². The van der Waals surface area contributed by atoms with Crippen LogP contribution in [-0.4, -0.2) is 15.0 Å². The molecule has 33 heavy (non-hydrogen) atoms. The third-order valence-corrected chi connectivity index (χ3v) is 6.05. The molecule has 6 rings (SSSR count). The summed E-state index contributed by atoms with van der Waals surface area (Å²) in [6.07, 6.45) is 0. The minimum atomic E-state index is 0.176. The van der Waals surface area contributed by atoms with E-state index in [0.29, 0.717) is 11.6 Å². The first-order chi connectivity index (χ1) is 16.3. The van der Waals surface area contributed by atoms with Gasteiger partial charge in [-0.1, -0.05) is 109 Å². The summed E-state index contributed by atoms with van der Waals surface area (Å²) in [6, 6.07) is 37.2. The molecule has 0 N–H and O–H groups in total. The summed E-state index contributed by atoms with van der Waals surface area (Å²) in [4.78, 5) is 14.0. The van der Waals surface area contributed by atoms with Crippen molar-refractivity contribution in [3.63, 3.8) is 0 Å². The molecule has 6 aromatic rings. The highest BCUT2D eigenvalue weighted by atomic mass is 35.5. The van der Waals surface area contributed by atoms with Gasteiger partial charge in [0, 0.05) is 11.1 Å². The van der Waals surface area contributed by atoms with Gasteiger partial charge in [0.05, 0.1) is 0 Å². The topological polar surface area (TPSA) is 38.7 Å². The molecular weight excluding hydrogens is 426 g/mol. The maximum atomic E-state index is 6.49. The average Bonchev–Trinajstić information content (AvgIpc) is 2.88.